The van der Waals surface area contributed by atoms with Gasteiger partial charge in [0.15, 0.2) is 0 Å². The Hall–Kier alpha value is -2.06. The van der Waals surface area contributed by atoms with E-state index < -0.39 is 15.8 Å². The molecule has 1 fully saturated rings. The minimum Gasteiger partial charge on any atom is -0.353 e. The van der Waals surface area contributed by atoms with Crippen LogP contribution in [0.5, 0.6) is 0 Å². The predicted octanol–water partition coefficient (Wildman–Crippen LogP) is 1.27. The molecule has 1 aromatic carbocycles. The van der Waals surface area contributed by atoms with E-state index in [9.17, 15) is 12.8 Å². The molecule has 0 N–H and O–H groups in total. The molecule has 2 heterocycles. The zero-order valence-corrected chi connectivity index (χ0v) is 13.3. The van der Waals surface area contributed by atoms with E-state index >= 15 is 0 Å². The molecule has 1 aromatic heterocycles. The van der Waals surface area contributed by atoms with Gasteiger partial charge in [0.25, 0.3) is 0 Å². The van der Waals surface area contributed by atoms with Crippen molar-refractivity contribution in [2.75, 3.05) is 31.1 Å². The average molecular weight is 336 g/mol. The first-order valence-corrected chi connectivity index (χ1v) is 8.89. The molecule has 3 rings (SSSR count). The molecule has 2 aromatic rings. The SMILES string of the molecule is O=S(=O)(Cc1cccc(F)c1)N1CCN(c2cnccn2)CC1. The van der Waals surface area contributed by atoms with Gasteiger partial charge in [-0.3, -0.25) is 4.98 Å². The van der Waals surface area contributed by atoms with E-state index in [0.717, 1.165) is 5.82 Å². The lowest BCUT2D eigenvalue weighted by Gasteiger charge is -2.34. The molecule has 6 nitrogen and oxygen atoms in total. The van der Waals surface area contributed by atoms with Crippen LogP contribution in [0.3, 0.4) is 0 Å². The number of nitrogens with zero attached hydrogens (tertiary/aromatic N) is 4. The largest absolute Gasteiger partial charge is 0.353 e. The van der Waals surface area contributed by atoms with E-state index in [1.807, 2.05) is 4.90 Å². The third kappa shape index (κ3) is 3.83. The fourth-order valence-electron chi connectivity index (χ4n) is 2.58. The van der Waals surface area contributed by atoms with Gasteiger partial charge in [0.2, 0.25) is 10.0 Å². The van der Waals surface area contributed by atoms with E-state index in [2.05, 4.69) is 9.97 Å². The van der Waals surface area contributed by atoms with E-state index in [-0.39, 0.29) is 5.75 Å². The van der Waals surface area contributed by atoms with Crippen LogP contribution < -0.4 is 4.90 Å². The number of hydrogen-bond acceptors (Lipinski definition) is 5. The van der Waals surface area contributed by atoms with Gasteiger partial charge in [0.1, 0.15) is 11.6 Å². The monoisotopic (exact) mass is 336 g/mol. The molecule has 0 unspecified atom stereocenters. The molecule has 0 amide bonds. The minimum atomic E-state index is -3.45. The molecule has 1 saturated heterocycles. The van der Waals surface area contributed by atoms with Gasteiger partial charge in [0.05, 0.1) is 11.9 Å². The lowest BCUT2D eigenvalue weighted by Crippen LogP contribution is -2.49. The van der Waals surface area contributed by atoms with Crippen LogP contribution in [0.25, 0.3) is 0 Å². The van der Waals surface area contributed by atoms with Crippen molar-refractivity contribution in [2.24, 2.45) is 0 Å². The van der Waals surface area contributed by atoms with E-state index in [4.69, 9.17) is 0 Å². The fourth-order valence-corrected chi connectivity index (χ4v) is 4.08. The number of benzene rings is 1. The Balaban J connectivity index is 1.64. The molecule has 0 bridgehead atoms. The van der Waals surface area contributed by atoms with Crippen molar-refractivity contribution in [2.45, 2.75) is 5.75 Å². The quantitative estimate of drug-likeness (QED) is 0.841. The van der Waals surface area contributed by atoms with Crippen molar-refractivity contribution in [3.8, 4) is 0 Å². The van der Waals surface area contributed by atoms with Gasteiger partial charge >= 0.3 is 0 Å². The highest BCUT2D eigenvalue weighted by Gasteiger charge is 2.27. The summed E-state index contributed by atoms with van der Waals surface area (Å²) in [4.78, 5) is 10.2. The van der Waals surface area contributed by atoms with Crippen molar-refractivity contribution in [3.63, 3.8) is 0 Å². The van der Waals surface area contributed by atoms with Crippen LogP contribution in [0, 0.1) is 5.82 Å². The smallest absolute Gasteiger partial charge is 0.218 e. The Morgan fingerprint density at radius 2 is 1.91 bits per heavy atom. The zero-order valence-electron chi connectivity index (χ0n) is 12.5. The summed E-state index contributed by atoms with van der Waals surface area (Å²) in [6.07, 6.45) is 4.88. The Bertz CT molecular complexity index is 762. The molecular formula is C15H17FN4O2S. The molecule has 0 radical (unpaired) electrons. The Morgan fingerprint density at radius 3 is 2.57 bits per heavy atom. The summed E-state index contributed by atoms with van der Waals surface area (Å²) < 4.78 is 39.6. The highest BCUT2D eigenvalue weighted by atomic mass is 32.2. The second-order valence-electron chi connectivity index (χ2n) is 5.34. The predicted molar refractivity (Wildman–Crippen MR) is 84.8 cm³/mol. The molecule has 1 aliphatic heterocycles. The summed E-state index contributed by atoms with van der Waals surface area (Å²) >= 11 is 0. The summed E-state index contributed by atoms with van der Waals surface area (Å²) in [5.74, 6) is 0.135. The Kier molecular flexibility index (Phi) is 4.53. The van der Waals surface area contributed by atoms with Crippen LogP contribution in [0.15, 0.2) is 42.9 Å². The van der Waals surface area contributed by atoms with Gasteiger partial charge < -0.3 is 4.90 Å². The van der Waals surface area contributed by atoms with Crippen LogP contribution in [0.4, 0.5) is 10.2 Å². The van der Waals surface area contributed by atoms with E-state index in [1.165, 1.54) is 22.5 Å². The maximum atomic E-state index is 13.2. The maximum absolute atomic E-state index is 13.2. The summed E-state index contributed by atoms with van der Waals surface area (Å²) in [6.45, 7) is 1.88. The van der Waals surface area contributed by atoms with Gasteiger partial charge in [-0.2, -0.15) is 4.31 Å². The summed E-state index contributed by atoms with van der Waals surface area (Å²) in [5, 5.41) is 0. The molecule has 8 heteroatoms. The van der Waals surface area contributed by atoms with Crippen molar-refractivity contribution in [3.05, 3.63) is 54.2 Å². The van der Waals surface area contributed by atoms with Crippen LogP contribution in [-0.4, -0.2) is 48.9 Å². The van der Waals surface area contributed by atoms with Gasteiger partial charge in [0, 0.05) is 38.6 Å². The maximum Gasteiger partial charge on any atom is 0.218 e. The number of anilines is 1. The fraction of sp³-hybridized carbons (Fsp3) is 0.333. The number of aromatic nitrogens is 2. The number of hydrogen-bond donors (Lipinski definition) is 0. The average Bonchev–Trinajstić information content (AvgIpc) is 2.55. The molecule has 0 aliphatic carbocycles. The Morgan fingerprint density at radius 1 is 1.13 bits per heavy atom. The number of piperazine rings is 1. The number of sulfonamides is 1. The second kappa shape index (κ2) is 6.59. The van der Waals surface area contributed by atoms with Gasteiger partial charge in [-0.15, -0.1) is 0 Å². The van der Waals surface area contributed by atoms with Crippen LogP contribution >= 0.6 is 0 Å². The first-order valence-electron chi connectivity index (χ1n) is 7.28. The number of halogens is 1. The first-order chi connectivity index (χ1) is 11.0. The lowest BCUT2D eigenvalue weighted by atomic mass is 10.2. The van der Waals surface area contributed by atoms with Crippen molar-refractivity contribution in [1.82, 2.24) is 14.3 Å². The third-order valence-electron chi connectivity index (χ3n) is 3.74. The molecular weight excluding hydrogens is 319 g/mol. The van der Waals surface area contributed by atoms with E-state index in [1.54, 1.807) is 24.7 Å². The summed E-state index contributed by atoms with van der Waals surface area (Å²) in [5.41, 5.74) is 0.460. The van der Waals surface area contributed by atoms with Crippen molar-refractivity contribution in [1.29, 1.82) is 0 Å². The zero-order chi connectivity index (χ0) is 16.3. The highest BCUT2D eigenvalue weighted by molar-refractivity contribution is 7.88. The second-order valence-corrected chi connectivity index (χ2v) is 7.30. The van der Waals surface area contributed by atoms with Crippen molar-refractivity contribution < 1.29 is 12.8 Å². The summed E-state index contributed by atoms with van der Waals surface area (Å²) in [7, 11) is -3.45. The lowest BCUT2D eigenvalue weighted by molar-refractivity contribution is 0.383. The molecule has 1 aliphatic rings. The van der Waals surface area contributed by atoms with Gasteiger partial charge in [-0.1, -0.05) is 12.1 Å². The number of rotatable bonds is 4. The van der Waals surface area contributed by atoms with Crippen molar-refractivity contribution >= 4 is 15.8 Å². The highest BCUT2D eigenvalue weighted by Crippen LogP contribution is 2.17. The topological polar surface area (TPSA) is 66.4 Å². The van der Waals surface area contributed by atoms with E-state index in [0.29, 0.717) is 31.7 Å². The van der Waals surface area contributed by atoms with Gasteiger partial charge in [-0.25, -0.2) is 17.8 Å². The third-order valence-corrected chi connectivity index (χ3v) is 5.59. The van der Waals surface area contributed by atoms with Crippen LogP contribution in [0.1, 0.15) is 5.56 Å². The summed E-state index contributed by atoms with van der Waals surface area (Å²) in [6, 6.07) is 5.70. The molecule has 122 valence electrons. The van der Waals surface area contributed by atoms with Gasteiger partial charge in [-0.05, 0) is 17.7 Å². The first kappa shape index (κ1) is 15.8. The molecule has 0 atom stereocenters. The molecule has 23 heavy (non-hydrogen) atoms. The molecule has 0 spiro atoms. The normalized spacial score (nSPS) is 16.5. The van der Waals surface area contributed by atoms with Crippen LogP contribution in [-0.2, 0) is 15.8 Å². The van der Waals surface area contributed by atoms with Crippen LogP contribution in [0.2, 0.25) is 0 Å². The minimum absolute atomic E-state index is 0.185. The molecule has 0 saturated carbocycles. The standard InChI is InChI=1S/C15H17FN4O2S/c16-14-3-1-2-13(10-14)12-23(21,22)20-8-6-19(7-9-20)15-11-17-4-5-18-15/h1-5,10-11H,6-9,12H2. The Labute approximate surface area is 134 Å².